The summed E-state index contributed by atoms with van der Waals surface area (Å²) in [5.41, 5.74) is 3.13. The van der Waals surface area contributed by atoms with E-state index in [1.165, 1.54) is 25.0 Å². The Labute approximate surface area is 96.6 Å². The lowest BCUT2D eigenvalue weighted by Crippen LogP contribution is -2.08. The van der Waals surface area contributed by atoms with Crippen molar-refractivity contribution >= 4 is 21.6 Å². The summed E-state index contributed by atoms with van der Waals surface area (Å²) in [6, 6.07) is 2.01. The molecule has 78 valence electrons. The number of hydrogen-bond acceptors (Lipinski definition) is 2. The number of halogens is 1. The molecule has 3 rings (SSSR count). The van der Waals surface area contributed by atoms with Crippen molar-refractivity contribution in [2.75, 3.05) is 0 Å². The molecule has 0 N–H and O–H groups in total. The van der Waals surface area contributed by atoms with Gasteiger partial charge in [-0.15, -0.1) is 0 Å². The molecule has 2 aromatic rings. The second-order valence-electron chi connectivity index (χ2n) is 4.20. The Morgan fingerprint density at radius 2 is 2.27 bits per heavy atom. The van der Waals surface area contributed by atoms with Crippen LogP contribution in [-0.2, 0) is 0 Å². The molecule has 1 aliphatic carbocycles. The molecular weight excluding hydrogens is 254 g/mol. The fourth-order valence-electron chi connectivity index (χ4n) is 1.98. The van der Waals surface area contributed by atoms with Gasteiger partial charge in [-0.1, -0.05) is 6.42 Å². The lowest BCUT2D eigenvalue weighted by molar-refractivity contribution is 0.412. The Kier molecular flexibility index (Phi) is 2.06. The van der Waals surface area contributed by atoms with Gasteiger partial charge in [-0.2, -0.15) is 5.10 Å². The van der Waals surface area contributed by atoms with Crippen molar-refractivity contribution < 1.29 is 0 Å². The lowest BCUT2D eigenvalue weighted by Gasteiger charge is -2.22. The third kappa shape index (κ3) is 1.47. The highest BCUT2D eigenvalue weighted by Crippen LogP contribution is 2.36. The van der Waals surface area contributed by atoms with Gasteiger partial charge in [0.15, 0.2) is 5.65 Å². The van der Waals surface area contributed by atoms with E-state index >= 15 is 0 Å². The Bertz CT molecular complexity index is 514. The van der Waals surface area contributed by atoms with Gasteiger partial charge in [0.05, 0.1) is 22.1 Å². The van der Waals surface area contributed by atoms with Gasteiger partial charge in [0.2, 0.25) is 0 Å². The first-order valence-electron chi connectivity index (χ1n) is 5.26. The van der Waals surface area contributed by atoms with Gasteiger partial charge in [0.1, 0.15) is 0 Å². The van der Waals surface area contributed by atoms with Crippen molar-refractivity contribution in [3.63, 3.8) is 0 Å². The molecule has 3 nitrogen and oxygen atoms in total. The average Bonchev–Trinajstić information content (AvgIpc) is 2.44. The molecular formula is C11H12BrN3. The van der Waals surface area contributed by atoms with Gasteiger partial charge in [-0.25, -0.2) is 9.50 Å². The summed E-state index contributed by atoms with van der Waals surface area (Å²) >= 11 is 3.53. The molecule has 0 saturated heterocycles. The number of fused-ring (bicyclic) bond motifs is 1. The van der Waals surface area contributed by atoms with E-state index in [9.17, 15) is 0 Å². The molecule has 2 heterocycles. The number of hydrogen-bond donors (Lipinski definition) is 0. The van der Waals surface area contributed by atoms with Crippen molar-refractivity contribution in [1.82, 2.24) is 14.6 Å². The van der Waals surface area contributed by atoms with Crippen LogP contribution >= 0.6 is 15.9 Å². The molecule has 0 bridgehead atoms. The van der Waals surface area contributed by atoms with E-state index in [4.69, 9.17) is 0 Å². The average molecular weight is 266 g/mol. The zero-order valence-electron chi connectivity index (χ0n) is 8.57. The molecule has 1 aliphatic rings. The van der Waals surface area contributed by atoms with Gasteiger partial charge >= 0.3 is 0 Å². The standard InChI is InChI=1S/C11H12BrN3/c1-7-5-9(12)11-13-10(6-15(11)14-7)8-3-2-4-8/h5-6,8H,2-4H2,1H3. The molecule has 1 fully saturated rings. The third-order valence-corrected chi connectivity index (χ3v) is 3.63. The Balaban J connectivity index is 2.16. The fourth-order valence-corrected chi connectivity index (χ4v) is 2.58. The Morgan fingerprint density at radius 3 is 2.93 bits per heavy atom. The number of nitrogens with zero attached hydrogens (tertiary/aromatic N) is 3. The van der Waals surface area contributed by atoms with E-state index in [0.29, 0.717) is 5.92 Å². The molecule has 0 atom stereocenters. The highest BCUT2D eigenvalue weighted by molar-refractivity contribution is 9.10. The van der Waals surface area contributed by atoms with Crippen LogP contribution in [0.15, 0.2) is 16.7 Å². The highest BCUT2D eigenvalue weighted by atomic mass is 79.9. The van der Waals surface area contributed by atoms with E-state index in [-0.39, 0.29) is 0 Å². The monoisotopic (exact) mass is 265 g/mol. The van der Waals surface area contributed by atoms with Crippen molar-refractivity contribution in [3.05, 3.63) is 28.1 Å². The summed E-state index contributed by atoms with van der Waals surface area (Å²) in [6.07, 6.45) is 5.96. The van der Waals surface area contributed by atoms with E-state index in [2.05, 4.69) is 32.2 Å². The summed E-state index contributed by atoms with van der Waals surface area (Å²) < 4.78 is 2.91. The maximum absolute atomic E-state index is 4.63. The number of imidazole rings is 1. The fraction of sp³-hybridized carbons (Fsp3) is 0.455. The molecule has 0 unspecified atom stereocenters. The largest absolute Gasteiger partial charge is 0.231 e. The van der Waals surface area contributed by atoms with Crippen LogP contribution in [0, 0.1) is 6.92 Å². The molecule has 15 heavy (non-hydrogen) atoms. The number of aryl methyl sites for hydroxylation is 1. The maximum Gasteiger partial charge on any atom is 0.168 e. The molecule has 0 aliphatic heterocycles. The predicted molar refractivity (Wildman–Crippen MR) is 62.0 cm³/mol. The first kappa shape index (κ1) is 9.33. The molecule has 2 aromatic heterocycles. The zero-order valence-corrected chi connectivity index (χ0v) is 10.2. The minimum absolute atomic E-state index is 0.666. The first-order valence-corrected chi connectivity index (χ1v) is 6.06. The molecule has 0 spiro atoms. The first-order chi connectivity index (χ1) is 7.24. The number of aromatic nitrogens is 3. The second-order valence-corrected chi connectivity index (χ2v) is 5.05. The Morgan fingerprint density at radius 1 is 1.47 bits per heavy atom. The molecule has 0 amide bonds. The van der Waals surface area contributed by atoms with E-state index in [1.807, 2.05) is 17.5 Å². The van der Waals surface area contributed by atoms with Crippen molar-refractivity contribution in [3.8, 4) is 0 Å². The summed E-state index contributed by atoms with van der Waals surface area (Å²) in [7, 11) is 0. The summed E-state index contributed by atoms with van der Waals surface area (Å²) in [5.74, 6) is 0.666. The molecule has 0 aromatic carbocycles. The van der Waals surface area contributed by atoms with Crippen LogP contribution in [0.1, 0.15) is 36.6 Å². The summed E-state index contributed by atoms with van der Waals surface area (Å²) in [5, 5.41) is 4.42. The van der Waals surface area contributed by atoms with E-state index in [0.717, 1.165) is 15.8 Å². The third-order valence-electron chi connectivity index (χ3n) is 3.04. The van der Waals surface area contributed by atoms with Crippen molar-refractivity contribution in [2.45, 2.75) is 32.1 Å². The lowest BCUT2D eigenvalue weighted by atomic mass is 9.83. The summed E-state index contributed by atoms with van der Waals surface area (Å²) in [6.45, 7) is 1.99. The minimum atomic E-state index is 0.666. The highest BCUT2D eigenvalue weighted by Gasteiger charge is 2.22. The molecule has 0 radical (unpaired) electrons. The van der Waals surface area contributed by atoms with Crippen LogP contribution in [0.3, 0.4) is 0 Å². The molecule has 4 heteroatoms. The van der Waals surface area contributed by atoms with Gasteiger partial charge in [-0.05, 0) is 41.8 Å². The SMILES string of the molecule is Cc1cc(Br)c2nc(C3CCC3)cn2n1. The Hall–Kier alpha value is -0.900. The second kappa shape index (κ2) is 3.30. The number of rotatable bonds is 1. The van der Waals surface area contributed by atoms with Crippen LogP contribution in [-0.4, -0.2) is 14.6 Å². The normalized spacial score (nSPS) is 16.9. The van der Waals surface area contributed by atoms with Crippen molar-refractivity contribution in [1.29, 1.82) is 0 Å². The zero-order chi connectivity index (χ0) is 10.4. The van der Waals surface area contributed by atoms with Crippen molar-refractivity contribution in [2.24, 2.45) is 0 Å². The predicted octanol–water partition coefficient (Wildman–Crippen LogP) is 3.07. The van der Waals surface area contributed by atoms with Crippen LogP contribution in [0.2, 0.25) is 0 Å². The minimum Gasteiger partial charge on any atom is -0.231 e. The van der Waals surface area contributed by atoms with Gasteiger partial charge < -0.3 is 0 Å². The quantitative estimate of drug-likeness (QED) is 0.794. The van der Waals surface area contributed by atoms with Gasteiger partial charge in [0.25, 0.3) is 0 Å². The summed E-state index contributed by atoms with van der Waals surface area (Å²) in [4.78, 5) is 4.63. The van der Waals surface area contributed by atoms with Crippen LogP contribution in [0.4, 0.5) is 0 Å². The van der Waals surface area contributed by atoms with E-state index in [1.54, 1.807) is 0 Å². The van der Waals surface area contributed by atoms with Crippen LogP contribution < -0.4 is 0 Å². The van der Waals surface area contributed by atoms with Crippen LogP contribution in [0.5, 0.6) is 0 Å². The van der Waals surface area contributed by atoms with Gasteiger partial charge in [0, 0.05) is 5.92 Å². The maximum atomic E-state index is 4.63. The molecule has 1 saturated carbocycles. The van der Waals surface area contributed by atoms with Crippen LogP contribution in [0.25, 0.3) is 5.65 Å². The smallest absolute Gasteiger partial charge is 0.168 e. The van der Waals surface area contributed by atoms with E-state index < -0.39 is 0 Å². The topological polar surface area (TPSA) is 30.2 Å². The van der Waals surface area contributed by atoms with Gasteiger partial charge in [-0.3, -0.25) is 0 Å².